The Morgan fingerprint density at radius 1 is 1.30 bits per heavy atom. The first-order chi connectivity index (χ1) is 9.41. The second-order valence-corrected chi connectivity index (χ2v) is 8.03. The molecule has 0 spiro atoms. The van der Waals surface area contributed by atoms with E-state index in [9.17, 15) is 4.57 Å². The van der Waals surface area contributed by atoms with E-state index < -0.39 is 7.60 Å². The molecule has 0 N–H and O–H groups in total. The van der Waals surface area contributed by atoms with Crippen molar-refractivity contribution in [1.29, 1.82) is 0 Å². The Morgan fingerprint density at radius 2 is 2.05 bits per heavy atom. The summed E-state index contributed by atoms with van der Waals surface area (Å²) >= 11 is 0. The van der Waals surface area contributed by atoms with Crippen LogP contribution in [0.4, 0.5) is 0 Å². The molecule has 0 bridgehead atoms. The van der Waals surface area contributed by atoms with Crippen molar-refractivity contribution < 1.29 is 23.1 Å². The van der Waals surface area contributed by atoms with Crippen molar-refractivity contribution in [2.45, 2.75) is 64.4 Å². The van der Waals surface area contributed by atoms with Crippen LogP contribution in [0.2, 0.25) is 0 Å². The molecule has 2 rings (SSSR count). The predicted molar refractivity (Wildman–Crippen MR) is 77.1 cm³/mol. The van der Waals surface area contributed by atoms with Gasteiger partial charge in [-0.05, 0) is 25.7 Å². The molecule has 2 fully saturated rings. The lowest BCUT2D eigenvalue weighted by Crippen LogP contribution is -2.24. The van der Waals surface area contributed by atoms with E-state index in [1.807, 2.05) is 6.92 Å². The molecule has 2 aliphatic heterocycles. The highest BCUT2D eigenvalue weighted by Crippen LogP contribution is 2.48. The monoisotopic (exact) mass is 306 g/mol. The van der Waals surface area contributed by atoms with Crippen molar-refractivity contribution in [3.05, 3.63) is 0 Å². The van der Waals surface area contributed by atoms with Gasteiger partial charge in [-0.2, -0.15) is 0 Å². The van der Waals surface area contributed by atoms with Gasteiger partial charge in [0.15, 0.2) is 0 Å². The topological polar surface area (TPSA) is 54.0 Å². The van der Waals surface area contributed by atoms with Crippen LogP contribution in [-0.2, 0) is 23.1 Å². The molecule has 0 amide bonds. The second kappa shape index (κ2) is 6.89. The van der Waals surface area contributed by atoms with Gasteiger partial charge in [0.1, 0.15) is 0 Å². The Kier molecular flexibility index (Phi) is 5.66. The van der Waals surface area contributed by atoms with Gasteiger partial charge in [-0.3, -0.25) is 4.57 Å². The molecule has 6 atom stereocenters. The Hall–Kier alpha value is 0.0700. The molecule has 0 aromatic heterocycles. The predicted octanol–water partition coefficient (Wildman–Crippen LogP) is 3.22. The molecule has 0 unspecified atom stereocenters. The minimum Gasteiger partial charge on any atom is -0.375 e. The van der Waals surface area contributed by atoms with Gasteiger partial charge in [0.2, 0.25) is 0 Å². The third kappa shape index (κ3) is 4.28. The van der Waals surface area contributed by atoms with Crippen LogP contribution in [0.5, 0.6) is 0 Å². The van der Waals surface area contributed by atoms with Crippen LogP contribution < -0.4 is 0 Å². The number of ether oxygens (including phenoxy) is 2. The molecule has 2 aliphatic rings. The largest absolute Gasteiger partial charge is 0.375 e. The van der Waals surface area contributed by atoms with Crippen molar-refractivity contribution in [1.82, 2.24) is 0 Å². The Morgan fingerprint density at radius 3 is 2.65 bits per heavy atom. The summed E-state index contributed by atoms with van der Waals surface area (Å²) in [5, 5.41) is 0. The molecular weight excluding hydrogens is 279 g/mol. The highest BCUT2D eigenvalue weighted by molar-refractivity contribution is 7.53. The average molecular weight is 306 g/mol. The van der Waals surface area contributed by atoms with E-state index >= 15 is 0 Å². The van der Waals surface area contributed by atoms with Gasteiger partial charge in [0.05, 0.1) is 31.0 Å². The zero-order chi connectivity index (χ0) is 14.8. The third-order valence-corrected chi connectivity index (χ3v) is 5.37. The van der Waals surface area contributed by atoms with Crippen LogP contribution >= 0.6 is 7.60 Å². The lowest BCUT2D eigenvalue weighted by atomic mass is 10.0. The fraction of sp³-hybridized carbons (Fsp3) is 1.00. The van der Waals surface area contributed by atoms with E-state index in [-0.39, 0.29) is 24.4 Å². The molecule has 2 saturated heterocycles. The first-order valence-corrected chi connectivity index (χ1v) is 9.57. The second-order valence-electron chi connectivity index (χ2n) is 6.02. The van der Waals surface area contributed by atoms with Crippen molar-refractivity contribution >= 4 is 7.60 Å². The molecule has 6 heteroatoms. The number of hydrogen-bond donors (Lipinski definition) is 0. The Balaban J connectivity index is 1.80. The summed E-state index contributed by atoms with van der Waals surface area (Å²) in [6, 6.07) is 0. The molecule has 5 nitrogen and oxygen atoms in total. The number of hydrogen-bond acceptors (Lipinski definition) is 5. The van der Waals surface area contributed by atoms with Crippen LogP contribution in [0.1, 0.15) is 40.0 Å². The summed E-state index contributed by atoms with van der Waals surface area (Å²) < 4.78 is 34.9. The van der Waals surface area contributed by atoms with Crippen LogP contribution in [0.3, 0.4) is 0 Å². The van der Waals surface area contributed by atoms with Gasteiger partial charge in [0.25, 0.3) is 0 Å². The van der Waals surface area contributed by atoms with E-state index in [0.29, 0.717) is 19.1 Å². The fourth-order valence-electron chi connectivity index (χ4n) is 2.98. The zero-order valence-corrected chi connectivity index (χ0v) is 13.8. The molecule has 0 aliphatic carbocycles. The quantitative estimate of drug-likeness (QED) is 0.705. The first-order valence-electron chi connectivity index (χ1n) is 7.58. The van der Waals surface area contributed by atoms with E-state index in [1.54, 1.807) is 6.66 Å². The van der Waals surface area contributed by atoms with Gasteiger partial charge < -0.3 is 18.5 Å². The summed E-state index contributed by atoms with van der Waals surface area (Å²) in [6.45, 7) is 8.79. The SMILES string of the molecule is CC[C@H]1OCC[C@@H]1O[P@@](C)(=O)OC[C@H]1O[C@@H](C)C[C@@H]1C. The molecule has 2 heterocycles. The average Bonchev–Trinajstić information content (AvgIpc) is 2.92. The summed E-state index contributed by atoms with van der Waals surface area (Å²) in [5.41, 5.74) is 0. The normalized spacial score (nSPS) is 40.9. The highest BCUT2D eigenvalue weighted by atomic mass is 31.2. The molecule has 0 radical (unpaired) electrons. The standard InChI is InChI=1S/C14H27O5P/c1-5-12-13(6-7-16-12)19-20(4,15)17-9-14-10(2)8-11(3)18-14/h10-14H,5-9H2,1-4H3/t10-,11-,12+,13-,14+,20-/m0/s1. The maximum atomic E-state index is 12.4. The lowest BCUT2D eigenvalue weighted by molar-refractivity contribution is 0.00382. The van der Waals surface area contributed by atoms with Gasteiger partial charge >= 0.3 is 7.60 Å². The molecule has 0 aromatic rings. The first kappa shape index (κ1) is 16.4. The van der Waals surface area contributed by atoms with Crippen LogP contribution in [0, 0.1) is 5.92 Å². The van der Waals surface area contributed by atoms with Gasteiger partial charge in [-0.15, -0.1) is 0 Å². The maximum Gasteiger partial charge on any atom is 0.328 e. The van der Waals surface area contributed by atoms with Crippen LogP contribution in [0.25, 0.3) is 0 Å². The van der Waals surface area contributed by atoms with Gasteiger partial charge in [0, 0.05) is 19.7 Å². The smallest absolute Gasteiger partial charge is 0.328 e. The molecule has 0 aromatic carbocycles. The van der Waals surface area contributed by atoms with Crippen LogP contribution in [-0.4, -0.2) is 44.3 Å². The Bertz CT molecular complexity index is 361. The van der Waals surface area contributed by atoms with Crippen molar-refractivity contribution in [3.63, 3.8) is 0 Å². The van der Waals surface area contributed by atoms with E-state index in [1.165, 1.54) is 0 Å². The van der Waals surface area contributed by atoms with Crippen LogP contribution in [0.15, 0.2) is 0 Å². The van der Waals surface area contributed by atoms with Crippen molar-refractivity contribution in [3.8, 4) is 0 Å². The van der Waals surface area contributed by atoms with E-state index in [0.717, 1.165) is 19.3 Å². The lowest BCUT2D eigenvalue weighted by Gasteiger charge is -2.24. The molecular formula is C14H27O5P. The summed E-state index contributed by atoms with van der Waals surface area (Å²) in [5.74, 6) is 0.434. The van der Waals surface area contributed by atoms with Crippen molar-refractivity contribution in [2.75, 3.05) is 19.9 Å². The minimum atomic E-state index is -3.05. The summed E-state index contributed by atoms with van der Waals surface area (Å²) in [6.07, 6.45) is 2.87. The number of rotatable bonds is 6. The van der Waals surface area contributed by atoms with E-state index in [4.69, 9.17) is 18.5 Å². The van der Waals surface area contributed by atoms with Gasteiger partial charge in [-0.1, -0.05) is 13.8 Å². The van der Waals surface area contributed by atoms with Gasteiger partial charge in [-0.25, -0.2) is 0 Å². The molecule has 20 heavy (non-hydrogen) atoms. The highest BCUT2D eigenvalue weighted by Gasteiger charge is 2.35. The molecule has 0 saturated carbocycles. The zero-order valence-electron chi connectivity index (χ0n) is 12.9. The summed E-state index contributed by atoms with van der Waals surface area (Å²) in [4.78, 5) is 0. The van der Waals surface area contributed by atoms with E-state index in [2.05, 4.69) is 13.8 Å². The molecule has 118 valence electrons. The maximum absolute atomic E-state index is 12.4. The Labute approximate surface area is 121 Å². The third-order valence-electron chi connectivity index (χ3n) is 4.10. The minimum absolute atomic E-state index is 0.0173. The summed E-state index contributed by atoms with van der Waals surface area (Å²) in [7, 11) is -3.05. The fourth-order valence-corrected chi connectivity index (χ4v) is 4.19. The van der Waals surface area contributed by atoms with Crippen molar-refractivity contribution in [2.24, 2.45) is 5.92 Å².